The lowest BCUT2D eigenvalue weighted by Crippen LogP contribution is -2.15. The third kappa shape index (κ3) is 3.50. The molecule has 2 aromatic carbocycles. The van der Waals surface area contributed by atoms with Gasteiger partial charge in [-0.05, 0) is 49.7 Å². The molecule has 2 heterocycles. The second-order valence-electron chi connectivity index (χ2n) is 6.40. The Balaban J connectivity index is 1.60. The third-order valence-electron chi connectivity index (χ3n) is 4.31. The van der Waals surface area contributed by atoms with Crippen molar-refractivity contribution in [2.75, 3.05) is 10.6 Å². The molecule has 0 saturated heterocycles. The zero-order chi connectivity index (χ0) is 18.8. The lowest BCUT2D eigenvalue weighted by molar-refractivity contribution is 0.102. The quantitative estimate of drug-likeness (QED) is 0.500. The van der Waals surface area contributed by atoms with Gasteiger partial charge in [0.05, 0.1) is 16.6 Å². The highest BCUT2D eigenvalue weighted by Gasteiger charge is 2.15. The van der Waals surface area contributed by atoms with E-state index in [1.807, 2.05) is 50.2 Å². The summed E-state index contributed by atoms with van der Waals surface area (Å²) in [5.74, 6) is 0.620. The molecule has 0 saturated carbocycles. The lowest BCUT2D eigenvalue weighted by Gasteiger charge is -2.12. The molecule has 6 heteroatoms. The number of amides is 1. The van der Waals surface area contributed by atoms with Crippen LogP contribution in [0.4, 0.5) is 17.5 Å². The second-order valence-corrected chi connectivity index (χ2v) is 6.40. The van der Waals surface area contributed by atoms with Gasteiger partial charge in [-0.15, -0.1) is 0 Å². The van der Waals surface area contributed by atoms with E-state index in [9.17, 15) is 4.79 Å². The van der Waals surface area contributed by atoms with E-state index in [0.717, 1.165) is 22.3 Å². The van der Waals surface area contributed by atoms with Gasteiger partial charge in [-0.2, -0.15) is 0 Å². The number of aryl methyl sites for hydroxylation is 2. The number of aromatic nitrogens is 3. The van der Waals surface area contributed by atoms with Crippen molar-refractivity contribution in [3.63, 3.8) is 0 Å². The number of carbonyl (C=O) groups is 1. The van der Waals surface area contributed by atoms with E-state index in [1.165, 1.54) is 5.56 Å². The standard InChI is InChI=1S/C21H19N5O/c1-13-9-10-16(14(2)12-13)23-19-15(6-5-11-22-19)20(27)26-21-24-17-7-3-4-8-18(17)25-21/h3-12H,1-2H3,(H,22,23)(H2,24,25,26,27). The van der Waals surface area contributed by atoms with Crippen molar-refractivity contribution in [2.24, 2.45) is 0 Å². The summed E-state index contributed by atoms with van der Waals surface area (Å²) >= 11 is 0. The Hall–Kier alpha value is -3.67. The molecule has 1 amide bonds. The lowest BCUT2D eigenvalue weighted by atomic mass is 10.1. The number of nitrogens with one attached hydrogen (secondary N) is 3. The number of rotatable bonds is 4. The van der Waals surface area contributed by atoms with E-state index >= 15 is 0 Å². The van der Waals surface area contributed by atoms with Gasteiger partial charge in [0.1, 0.15) is 5.82 Å². The maximum absolute atomic E-state index is 12.8. The zero-order valence-corrected chi connectivity index (χ0v) is 15.1. The van der Waals surface area contributed by atoms with Crippen molar-refractivity contribution < 1.29 is 4.79 Å². The van der Waals surface area contributed by atoms with Crippen molar-refractivity contribution in [2.45, 2.75) is 13.8 Å². The summed E-state index contributed by atoms with van der Waals surface area (Å²) in [6.45, 7) is 4.07. The van der Waals surface area contributed by atoms with Crippen LogP contribution in [-0.4, -0.2) is 20.9 Å². The number of H-pyrrole nitrogens is 1. The number of anilines is 3. The van der Waals surface area contributed by atoms with Crippen LogP contribution in [-0.2, 0) is 0 Å². The SMILES string of the molecule is Cc1ccc(Nc2ncccc2C(=O)Nc2nc3ccccc3[nH]2)c(C)c1. The van der Waals surface area contributed by atoms with Crippen LogP contribution in [0.15, 0.2) is 60.8 Å². The third-order valence-corrected chi connectivity index (χ3v) is 4.31. The van der Waals surface area contributed by atoms with E-state index in [2.05, 4.69) is 31.7 Å². The van der Waals surface area contributed by atoms with E-state index < -0.39 is 0 Å². The number of nitrogens with zero attached hydrogens (tertiary/aromatic N) is 2. The molecule has 0 bridgehead atoms. The largest absolute Gasteiger partial charge is 0.339 e. The highest BCUT2D eigenvalue weighted by Crippen LogP contribution is 2.23. The monoisotopic (exact) mass is 357 g/mol. The number of para-hydroxylation sites is 2. The molecule has 0 aliphatic carbocycles. The van der Waals surface area contributed by atoms with Crippen molar-refractivity contribution in [3.05, 3.63) is 77.5 Å². The number of carbonyl (C=O) groups excluding carboxylic acids is 1. The molecule has 4 rings (SSSR count). The van der Waals surface area contributed by atoms with Gasteiger partial charge in [-0.3, -0.25) is 10.1 Å². The van der Waals surface area contributed by atoms with Gasteiger partial charge in [-0.25, -0.2) is 9.97 Å². The molecule has 0 atom stereocenters. The van der Waals surface area contributed by atoms with Crippen LogP contribution < -0.4 is 10.6 Å². The molecule has 3 N–H and O–H groups in total. The number of hydrogen-bond acceptors (Lipinski definition) is 4. The number of benzene rings is 2. The number of fused-ring (bicyclic) bond motifs is 1. The highest BCUT2D eigenvalue weighted by molar-refractivity contribution is 6.07. The number of pyridine rings is 1. The Labute approximate surface area is 156 Å². The Morgan fingerprint density at radius 2 is 1.89 bits per heavy atom. The van der Waals surface area contributed by atoms with Crippen LogP contribution in [0.5, 0.6) is 0 Å². The summed E-state index contributed by atoms with van der Waals surface area (Å²) in [7, 11) is 0. The number of hydrogen-bond donors (Lipinski definition) is 3. The van der Waals surface area contributed by atoms with Gasteiger partial charge in [0, 0.05) is 11.9 Å². The highest BCUT2D eigenvalue weighted by atomic mass is 16.1. The maximum atomic E-state index is 12.8. The average molecular weight is 357 g/mol. The molecule has 0 aliphatic heterocycles. The van der Waals surface area contributed by atoms with Crippen LogP contribution in [0, 0.1) is 13.8 Å². The van der Waals surface area contributed by atoms with Crippen LogP contribution in [0.2, 0.25) is 0 Å². The molecule has 134 valence electrons. The van der Waals surface area contributed by atoms with Crippen molar-refractivity contribution in [3.8, 4) is 0 Å². The van der Waals surface area contributed by atoms with E-state index in [1.54, 1.807) is 18.3 Å². The first-order chi connectivity index (χ1) is 13.1. The van der Waals surface area contributed by atoms with Gasteiger partial charge >= 0.3 is 0 Å². The molecule has 2 aromatic heterocycles. The predicted octanol–water partition coefficient (Wildman–Crippen LogP) is 4.57. The molecular weight excluding hydrogens is 338 g/mol. The molecule has 0 unspecified atom stereocenters. The van der Waals surface area contributed by atoms with Gasteiger partial charge in [-0.1, -0.05) is 29.8 Å². The second kappa shape index (κ2) is 6.92. The number of aromatic amines is 1. The van der Waals surface area contributed by atoms with Crippen molar-refractivity contribution in [1.29, 1.82) is 0 Å². The summed E-state index contributed by atoms with van der Waals surface area (Å²) in [6, 6.07) is 17.2. The molecule has 4 aromatic rings. The van der Waals surface area contributed by atoms with Crippen LogP contribution in [0.25, 0.3) is 11.0 Å². The Morgan fingerprint density at radius 3 is 2.70 bits per heavy atom. The summed E-state index contributed by atoms with van der Waals surface area (Å²) in [4.78, 5) is 24.6. The minimum absolute atomic E-state index is 0.283. The summed E-state index contributed by atoms with van der Waals surface area (Å²) in [6.07, 6.45) is 1.66. The fraction of sp³-hybridized carbons (Fsp3) is 0.0952. The Morgan fingerprint density at radius 1 is 1.04 bits per heavy atom. The average Bonchev–Trinajstić information content (AvgIpc) is 3.06. The summed E-state index contributed by atoms with van der Waals surface area (Å²) < 4.78 is 0. The zero-order valence-electron chi connectivity index (χ0n) is 15.1. The molecular formula is C21H19N5O. The van der Waals surface area contributed by atoms with Crippen molar-refractivity contribution >= 4 is 34.4 Å². The fourth-order valence-electron chi connectivity index (χ4n) is 2.96. The maximum Gasteiger partial charge on any atom is 0.261 e. The first-order valence-corrected chi connectivity index (χ1v) is 8.65. The topological polar surface area (TPSA) is 82.7 Å². The predicted molar refractivity (Wildman–Crippen MR) is 107 cm³/mol. The minimum atomic E-state index is -0.283. The molecule has 6 nitrogen and oxygen atoms in total. The summed E-state index contributed by atoms with van der Waals surface area (Å²) in [5, 5.41) is 6.07. The fourth-order valence-corrected chi connectivity index (χ4v) is 2.96. The van der Waals surface area contributed by atoms with Gasteiger partial charge in [0.25, 0.3) is 5.91 Å². The first kappa shape index (κ1) is 16.8. The molecule has 0 radical (unpaired) electrons. The summed E-state index contributed by atoms with van der Waals surface area (Å²) in [5.41, 5.74) is 5.29. The van der Waals surface area contributed by atoms with Gasteiger partial charge in [0.2, 0.25) is 5.95 Å². The molecule has 0 fully saturated rings. The van der Waals surface area contributed by atoms with Crippen molar-refractivity contribution in [1.82, 2.24) is 15.0 Å². The molecule has 27 heavy (non-hydrogen) atoms. The minimum Gasteiger partial charge on any atom is -0.339 e. The van der Waals surface area contributed by atoms with Crippen LogP contribution in [0.1, 0.15) is 21.5 Å². The van der Waals surface area contributed by atoms with Crippen LogP contribution in [0.3, 0.4) is 0 Å². The van der Waals surface area contributed by atoms with Crippen LogP contribution >= 0.6 is 0 Å². The van der Waals surface area contributed by atoms with E-state index in [0.29, 0.717) is 17.3 Å². The normalized spacial score (nSPS) is 10.7. The number of imidazole rings is 1. The molecule has 0 aliphatic rings. The Bertz CT molecular complexity index is 1100. The Kier molecular flexibility index (Phi) is 4.30. The van der Waals surface area contributed by atoms with Gasteiger partial charge in [0.15, 0.2) is 0 Å². The van der Waals surface area contributed by atoms with E-state index in [-0.39, 0.29) is 5.91 Å². The van der Waals surface area contributed by atoms with Gasteiger partial charge < -0.3 is 10.3 Å². The smallest absolute Gasteiger partial charge is 0.261 e. The molecule has 0 spiro atoms. The van der Waals surface area contributed by atoms with E-state index in [4.69, 9.17) is 0 Å². The first-order valence-electron chi connectivity index (χ1n) is 8.65.